The van der Waals surface area contributed by atoms with Crippen LogP contribution in [0.5, 0.6) is 0 Å². The van der Waals surface area contributed by atoms with Gasteiger partial charge in [-0.15, -0.1) is 12.4 Å². The molecule has 114 valence electrons. The van der Waals surface area contributed by atoms with Crippen molar-refractivity contribution >= 4 is 18.3 Å². The molecule has 1 aromatic rings. The van der Waals surface area contributed by atoms with E-state index >= 15 is 0 Å². The van der Waals surface area contributed by atoms with Gasteiger partial charge in [0.1, 0.15) is 0 Å². The first-order valence-corrected chi connectivity index (χ1v) is 7.15. The third-order valence-corrected chi connectivity index (χ3v) is 3.40. The van der Waals surface area contributed by atoms with Crippen LogP contribution in [0.25, 0.3) is 0 Å². The largest absolute Gasteiger partial charge is 0.356 e. The fourth-order valence-corrected chi connectivity index (χ4v) is 2.13. The number of amides is 1. The van der Waals surface area contributed by atoms with Gasteiger partial charge in [-0.25, -0.2) is 0 Å². The highest BCUT2D eigenvalue weighted by Gasteiger charge is 2.13. The molecule has 1 aromatic carbocycles. The normalized spacial score (nSPS) is 11.6. The van der Waals surface area contributed by atoms with Crippen LogP contribution >= 0.6 is 12.4 Å². The van der Waals surface area contributed by atoms with E-state index in [0.29, 0.717) is 12.3 Å². The van der Waals surface area contributed by atoms with Gasteiger partial charge in [0.15, 0.2) is 0 Å². The van der Waals surface area contributed by atoms with Crippen LogP contribution in [0.3, 0.4) is 0 Å². The number of nitrogens with one attached hydrogen (secondary N) is 2. The summed E-state index contributed by atoms with van der Waals surface area (Å²) in [7, 11) is 1.92. The van der Waals surface area contributed by atoms with E-state index in [1.165, 1.54) is 11.1 Å². The zero-order valence-electron chi connectivity index (χ0n) is 12.7. The SMILES string of the molecule is CCC(CC(=O)NCCCNC)c1ccc(C)cc1.Cl. The van der Waals surface area contributed by atoms with Gasteiger partial charge in [-0.1, -0.05) is 36.8 Å². The number of benzene rings is 1. The molecule has 0 saturated heterocycles. The second-order valence-corrected chi connectivity index (χ2v) is 5.03. The lowest BCUT2D eigenvalue weighted by molar-refractivity contribution is -0.121. The van der Waals surface area contributed by atoms with Gasteiger partial charge in [0, 0.05) is 13.0 Å². The van der Waals surface area contributed by atoms with Crippen molar-refractivity contribution in [3.8, 4) is 0 Å². The first-order valence-electron chi connectivity index (χ1n) is 7.15. The molecule has 0 fully saturated rings. The predicted molar refractivity (Wildman–Crippen MR) is 87.6 cm³/mol. The summed E-state index contributed by atoms with van der Waals surface area (Å²) in [5, 5.41) is 6.06. The number of hydrogen-bond acceptors (Lipinski definition) is 2. The summed E-state index contributed by atoms with van der Waals surface area (Å²) in [6.07, 6.45) is 2.55. The Labute approximate surface area is 128 Å². The van der Waals surface area contributed by atoms with Crippen molar-refractivity contribution in [3.63, 3.8) is 0 Å². The van der Waals surface area contributed by atoms with Crippen LogP contribution in [0.1, 0.15) is 43.2 Å². The maximum atomic E-state index is 11.9. The van der Waals surface area contributed by atoms with E-state index in [9.17, 15) is 4.79 Å². The Morgan fingerprint density at radius 1 is 1.20 bits per heavy atom. The van der Waals surface area contributed by atoms with Crippen LogP contribution in [0.4, 0.5) is 0 Å². The van der Waals surface area contributed by atoms with Gasteiger partial charge in [-0.3, -0.25) is 4.79 Å². The fraction of sp³-hybridized carbons (Fsp3) is 0.562. The van der Waals surface area contributed by atoms with Crippen molar-refractivity contribution in [1.82, 2.24) is 10.6 Å². The molecule has 3 nitrogen and oxygen atoms in total. The molecule has 4 heteroatoms. The van der Waals surface area contributed by atoms with E-state index in [1.54, 1.807) is 0 Å². The minimum absolute atomic E-state index is 0. The first-order chi connectivity index (χ1) is 9.17. The number of halogens is 1. The Balaban J connectivity index is 0.00000361. The average Bonchev–Trinajstić information content (AvgIpc) is 2.42. The van der Waals surface area contributed by atoms with E-state index in [0.717, 1.165) is 25.9 Å². The molecule has 1 amide bonds. The van der Waals surface area contributed by atoms with Crippen molar-refractivity contribution in [1.29, 1.82) is 0 Å². The minimum Gasteiger partial charge on any atom is -0.356 e. The Hall–Kier alpha value is -1.06. The maximum absolute atomic E-state index is 11.9. The van der Waals surface area contributed by atoms with Gasteiger partial charge >= 0.3 is 0 Å². The lowest BCUT2D eigenvalue weighted by atomic mass is 9.92. The number of hydrogen-bond donors (Lipinski definition) is 2. The Kier molecular flexibility index (Phi) is 10.1. The first kappa shape index (κ1) is 18.9. The van der Waals surface area contributed by atoms with Crippen molar-refractivity contribution in [2.24, 2.45) is 0 Å². The van der Waals surface area contributed by atoms with E-state index in [-0.39, 0.29) is 18.3 Å². The minimum atomic E-state index is 0. The summed E-state index contributed by atoms with van der Waals surface area (Å²) in [5.41, 5.74) is 2.52. The topological polar surface area (TPSA) is 41.1 Å². The summed E-state index contributed by atoms with van der Waals surface area (Å²) >= 11 is 0. The van der Waals surface area contributed by atoms with Gasteiger partial charge in [-0.2, -0.15) is 0 Å². The molecule has 0 aliphatic heterocycles. The van der Waals surface area contributed by atoms with Gasteiger partial charge < -0.3 is 10.6 Å². The molecule has 1 atom stereocenters. The van der Waals surface area contributed by atoms with Crippen LogP contribution in [-0.2, 0) is 4.79 Å². The summed E-state index contributed by atoms with van der Waals surface area (Å²) < 4.78 is 0. The monoisotopic (exact) mass is 298 g/mol. The summed E-state index contributed by atoms with van der Waals surface area (Å²) in [6.45, 7) is 5.91. The molecule has 0 radical (unpaired) electrons. The average molecular weight is 299 g/mol. The molecule has 0 aliphatic carbocycles. The zero-order chi connectivity index (χ0) is 14.1. The van der Waals surface area contributed by atoms with Gasteiger partial charge in [-0.05, 0) is 44.8 Å². The smallest absolute Gasteiger partial charge is 0.220 e. The van der Waals surface area contributed by atoms with Gasteiger partial charge in [0.25, 0.3) is 0 Å². The molecule has 20 heavy (non-hydrogen) atoms. The van der Waals surface area contributed by atoms with Crippen LogP contribution in [0, 0.1) is 6.92 Å². The second-order valence-electron chi connectivity index (χ2n) is 5.03. The predicted octanol–water partition coefficient (Wildman–Crippen LogP) is 3.03. The number of carbonyl (C=O) groups excluding carboxylic acids is 1. The van der Waals surface area contributed by atoms with Crippen LogP contribution in [0.15, 0.2) is 24.3 Å². The second kappa shape index (κ2) is 10.7. The van der Waals surface area contributed by atoms with Crippen LogP contribution < -0.4 is 10.6 Å². The van der Waals surface area contributed by atoms with Crippen molar-refractivity contribution in [2.45, 2.75) is 39.0 Å². The Morgan fingerprint density at radius 3 is 2.40 bits per heavy atom. The van der Waals surface area contributed by atoms with Gasteiger partial charge in [0.05, 0.1) is 0 Å². The standard InChI is InChI=1S/C16H26N2O.ClH/c1-4-14(15-8-6-13(2)7-9-15)12-16(19)18-11-5-10-17-3;/h6-9,14,17H,4-5,10-12H2,1-3H3,(H,18,19);1H. The number of rotatable bonds is 8. The zero-order valence-corrected chi connectivity index (χ0v) is 13.6. The fourth-order valence-electron chi connectivity index (χ4n) is 2.13. The lowest BCUT2D eigenvalue weighted by Gasteiger charge is -2.15. The quantitative estimate of drug-likeness (QED) is 0.724. The molecule has 1 unspecified atom stereocenters. The molecule has 2 N–H and O–H groups in total. The summed E-state index contributed by atoms with van der Waals surface area (Å²) in [5.74, 6) is 0.480. The van der Waals surface area contributed by atoms with Crippen molar-refractivity contribution in [3.05, 3.63) is 35.4 Å². The third-order valence-electron chi connectivity index (χ3n) is 3.40. The molecular formula is C16H27ClN2O. The highest BCUT2D eigenvalue weighted by atomic mass is 35.5. The molecule has 0 bridgehead atoms. The lowest BCUT2D eigenvalue weighted by Crippen LogP contribution is -2.27. The van der Waals surface area contributed by atoms with Crippen molar-refractivity contribution < 1.29 is 4.79 Å². The highest BCUT2D eigenvalue weighted by Crippen LogP contribution is 2.23. The Bertz CT molecular complexity index is 379. The molecule has 0 saturated carbocycles. The van der Waals surface area contributed by atoms with Crippen LogP contribution in [-0.4, -0.2) is 26.0 Å². The number of carbonyl (C=O) groups is 1. The van der Waals surface area contributed by atoms with E-state index in [1.807, 2.05) is 7.05 Å². The summed E-state index contributed by atoms with van der Waals surface area (Å²) in [4.78, 5) is 11.9. The van der Waals surface area contributed by atoms with Crippen molar-refractivity contribution in [2.75, 3.05) is 20.1 Å². The molecule has 0 aliphatic rings. The maximum Gasteiger partial charge on any atom is 0.220 e. The number of aryl methyl sites for hydroxylation is 1. The third kappa shape index (κ3) is 6.92. The van der Waals surface area contributed by atoms with Gasteiger partial charge in [0.2, 0.25) is 5.91 Å². The van der Waals surface area contributed by atoms with E-state index < -0.39 is 0 Å². The molecular weight excluding hydrogens is 272 g/mol. The van der Waals surface area contributed by atoms with Crippen LogP contribution in [0.2, 0.25) is 0 Å². The summed E-state index contributed by atoms with van der Waals surface area (Å²) in [6, 6.07) is 8.50. The Morgan fingerprint density at radius 2 is 1.85 bits per heavy atom. The van der Waals surface area contributed by atoms with E-state index in [4.69, 9.17) is 0 Å². The molecule has 0 spiro atoms. The molecule has 0 heterocycles. The molecule has 0 aromatic heterocycles. The molecule has 1 rings (SSSR count). The van der Waals surface area contributed by atoms with E-state index in [2.05, 4.69) is 48.7 Å². The highest BCUT2D eigenvalue weighted by molar-refractivity contribution is 5.85.